The highest BCUT2D eigenvalue weighted by atomic mass is 35.5. The molecular formula is C18H15Cl2F3N2O2. The summed E-state index contributed by atoms with van der Waals surface area (Å²) in [6.45, 7) is 0.821. The monoisotopic (exact) mass is 418 g/mol. The molecule has 1 heterocycles. The normalized spacial score (nSPS) is 17.7. The van der Waals surface area contributed by atoms with Gasteiger partial charge in [-0.15, -0.1) is 0 Å². The standard InChI is InChI=1S/C18H15Cl2F3N2O2/c19-13-6-11(7-14(20)9-13)16-10-25(4-5-27-16)17(26)24-15-3-1-2-12(8-15)18(21,22)23/h1-3,6-9,16H,4-5,10H2,(H,24,26). The van der Waals surface area contributed by atoms with E-state index in [9.17, 15) is 18.0 Å². The summed E-state index contributed by atoms with van der Waals surface area (Å²) in [6.07, 6.45) is -4.90. The van der Waals surface area contributed by atoms with Gasteiger partial charge < -0.3 is 15.0 Å². The number of halogens is 5. The number of urea groups is 1. The van der Waals surface area contributed by atoms with Crippen LogP contribution in [0.3, 0.4) is 0 Å². The van der Waals surface area contributed by atoms with Gasteiger partial charge in [-0.2, -0.15) is 13.2 Å². The summed E-state index contributed by atoms with van der Waals surface area (Å²) in [5, 5.41) is 3.40. The van der Waals surface area contributed by atoms with Crippen molar-refractivity contribution in [3.8, 4) is 0 Å². The van der Waals surface area contributed by atoms with Crippen LogP contribution in [-0.2, 0) is 10.9 Å². The Kier molecular flexibility index (Phi) is 5.83. The molecule has 4 nitrogen and oxygen atoms in total. The number of carbonyl (C=O) groups is 1. The van der Waals surface area contributed by atoms with E-state index in [-0.39, 0.29) is 18.8 Å². The first-order valence-electron chi connectivity index (χ1n) is 8.03. The molecule has 0 bridgehead atoms. The number of carbonyl (C=O) groups excluding carboxylic acids is 1. The molecule has 0 spiro atoms. The van der Waals surface area contributed by atoms with Crippen LogP contribution in [0.4, 0.5) is 23.7 Å². The Morgan fingerprint density at radius 2 is 1.85 bits per heavy atom. The number of alkyl halides is 3. The fourth-order valence-electron chi connectivity index (χ4n) is 2.77. The molecule has 3 rings (SSSR count). The number of ether oxygens (including phenoxy) is 1. The van der Waals surface area contributed by atoms with Gasteiger partial charge in [-0.25, -0.2) is 4.79 Å². The average molecular weight is 419 g/mol. The van der Waals surface area contributed by atoms with Crippen LogP contribution in [0.15, 0.2) is 42.5 Å². The quantitative estimate of drug-likeness (QED) is 0.687. The van der Waals surface area contributed by atoms with E-state index < -0.39 is 23.9 Å². The first-order valence-corrected chi connectivity index (χ1v) is 8.79. The first-order chi connectivity index (χ1) is 12.7. The molecule has 2 aromatic carbocycles. The van der Waals surface area contributed by atoms with Gasteiger partial charge in [0.1, 0.15) is 6.10 Å². The maximum atomic E-state index is 12.8. The minimum absolute atomic E-state index is 0.0728. The van der Waals surface area contributed by atoms with Gasteiger partial charge in [-0.3, -0.25) is 0 Å². The number of anilines is 1. The third-order valence-electron chi connectivity index (χ3n) is 4.05. The molecule has 27 heavy (non-hydrogen) atoms. The van der Waals surface area contributed by atoms with E-state index in [0.29, 0.717) is 16.6 Å². The van der Waals surface area contributed by atoms with Gasteiger partial charge in [0.15, 0.2) is 0 Å². The number of rotatable bonds is 2. The van der Waals surface area contributed by atoms with Crippen LogP contribution in [0.2, 0.25) is 10.0 Å². The lowest BCUT2D eigenvalue weighted by molar-refractivity contribution is -0.137. The fraction of sp³-hybridized carbons (Fsp3) is 0.278. The number of hydrogen-bond donors (Lipinski definition) is 1. The Morgan fingerprint density at radius 3 is 2.52 bits per heavy atom. The molecule has 1 saturated heterocycles. The minimum Gasteiger partial charge on any atom is -0.370 e. The van der Waals surface area contributed by atoms with E-state index in [1.54, 1.807) is 18.2 Å². The molecular weight excluding hydrogens is 404 g/mol. The van der Waals surface area contributed by atoms with E-state index in [1.807, 2.05) is 0 Å². The van der Waals surface area contributed by atoms with Gasteiger partial charge in [0.05, 0.1) is 18.7 Å². The molecule has 1 unspecified atom stereocenters. The van der Waals surface area contributed by atoms with Crippen LogP contribution in [-0.4, -0.2) is 30.6 Å². The number of nitrogens with one attached hydrogen (secondary N) is 1. The summed E-state index contributed by atoms with van der Waals surface area (Å²) in [4.78, 5) is 13.9. The van der Waals surface area contributed by atoms with Crippen LogP contribution in [0.1, 0.15) is 17.2 Å². The van der Waals surface area contributed by atoms with E-state index in [4.69, 9.17) is 27.9 Å². The Bertz CT molecular complexity index is 825. The summed E-state index contributed by atoms with van der Waals surface area (Å²) in [5.41, 5.74) is -0.0264. The number of morpholine rings is 1. The smallest absolute Gasteiger partial charge is 0.370 e. The molecule has 0 aromatic heterocycles. The van der Waals surface area contributed by atoms with E-state index in [2.05, 4.69) is 5.32 Å². The highest BCUT2D eigenvalue weighted by molar-refractivity contribution is 6.34. The maximum absolute atomic E-state index is 12.8. The number of hydrogen-bond acceptors (Lipinski definition) is 2. The zero-order chi connectivity index (χ0) is 19.6. The largest absolute Gasteiger partial charge is 0.416 e. The van der Waals surface area contributed by atoms with Crippen LogP contribution in [0, 0.1) is 0 Å². The van der Waals surface area contributed by atoms with Crippen molar-refractivity contribution < 1.29 is 22.7 Å². The van der Waals surface area contributed by atoms with Gasteiger partial charge in [0, 0.05) is 22.3 Å². The number of nitrogens with zero attached hydrogens (tertiary/aromatic N) is 1. The summed E-state index contributed by atoms with van der Waals surface area (Å²) in [6, 6.07) is 8.98. The van der Waals surface area contributed by atoms with Crippen LogP contribution >= 0.6 is 23.2 Å². The van der Waals surface area contributed by atoms with Crippen molar-refractivity contribution in [1.29, 1.82) is 0 Å². The van der Waals surface area contributed by atoms with Gasteiger partial charge in [-0.1, -0.05) is 29.3 Å². The average Bonchev–Trinajstić information content (AvgIpc) is 2.60. The van der Waals surface area contributed by atoms with Gasteiger partial charge >= 0.3 is 12.2 Å². The van der Waals surface area contributed by atoms with E-state index in [0.717, 1.165) is 17.7 Å². The Labute approximate surface area is 163 Å². The topological polar surface area (TPSA) is 41.6 Å². The third kappa shape index (κ3) is 5.06. The van der Waals surface area contributed by atoms with Crippen molar-refractivity contribution in [3.05, 3.63) is 63.6 Å². The molecule has 0 radical (unpaired) electrons. The minimum atomic E-state index is -4.48. The second kappa shape index (κ2) is 7.96. The molecule has 1 atom stereocenters. The molecule has 0 aliphatic carbocycles. The van der Waals surface area contributed by atoms with Crippen molar-refractivity contribution in [3.63, 3.8) is 0 Å². The summed E-state index contributed by atoms with van der Waals surface area (Å²) >= 11 is 12.0. The Hall–Kier alpha value is -1.96. The van der Waals surface area contributed by atoms with Crippen molar-refractivity contribution in [2.75, 3.05) is 25.0 Å². The number of amides is 2. The number of benzene rings is 2. The summed E-state index contributed by atoms with van der Waals surface area (Å²) < 4.78 is 44.1. The lowest BCUT2D eigenvalue weighted by Gasteiger charge is -2.33. The predicted octanol–water partition coefficient (Wildman–Crippen LogP) is 5.62. The fourth-order valence-corrected chi connectivity index (χ4v) is 3.32. The molecule has 144 valence electrons. The highest BCUT2D eigenvalue weighted by Gasteiger charge is 2.31. The summed E-state index contributed by atoms with van der Waals surface area (Å²) in [7, 11) is 0. The molecule has 2 amide bonds. The Balaban J connectivity index is 1.70. The maximum Gasteiger partial charge on any atom is 0.416 e. The van der Waals surface area contributed by atoms with Crippen molar-refractivity contribution >= 4 is 34.9 Å². The van der Waals surface area contributed by atoms with Crippen molar-refractivity contribution in [1.82, 2.24) is 4.90 Å². The van der Waals surface area contributed by atoms with E-state index in [1.165, 1.54) is 17.0 Å². The molecule has 1 aliphatic heterocycles. The predicted molar refractivity (Wildman–Crippen MR) is 97.2 cm³/mol. The van der Waals surface area contributed by atoms with Crippen molar-refractivity contribution in [2.45, 2.75) is 12.3 Å². The second-order valence-electron chi connectivity index (χ2n) is 6.02. The zero-order valence-corrected chi connectivity index (χ0v) is 15.4. The Morgan fingerprint density at radius 1 is 1.15 bits per heavy atom. The van der Waals surface area contributed by atoms with Crippen LogP contribution in [0.25, 0.3) is 0 Å². The molecule has 1 fully saturated rings. The van der Waals surface area contributed by atoms with Crippen LogP contribution in [0.5, 0.6) is 0 Å². The zero-order valence-electron chi connectivity index (χ0n) is 13.9. The van der Waals surface area contributed by atoms with Gasteiger partial charge in [0.2, 0.25) is 0 Å². The molecule has 0 saturated carbocycles. The lowest BCUT2D eigenvalue weighted by atomic mass is 10.1. The second-order valence-corrected chi connectivity index (χ2v) is 6.89. The summed E-state index contributed by atoms with van der Waals surface area (Å²) in [5.74, 6) is 0. The SMILES string of the molecule is O=C(Nc1cccc(C(F)(F)F)c1)N1CCOC(c2cc(Cl)cc(Cl)c2)C1. The van der Waals surface area contributed by atoms with Gasteiger partial charge in [0.25, 0.3) is 0 Å². The first kappa shape index (κ1) is 19.8. The van der Waals surface area contributed by atoms with Gasteiger partial charge in [-0.05, 0) is 42.0 Å². The molecule has 9 heteroatoms. The lowest BCUT2D eigenvalue weighted by Crippen LogP contribution is -2.44. The highest BCUT2D eigenvalue weighted by Crippen LogP contribution is 2.31. The van der Waals surface area contributed by atoms with E-state index >= 15 is 0 Å². The van der Waals surface area contributed by atoms with Crippen LogP contribution < -0.4 is 5.32 Å². The van der Waals surface area contributed by atoms with Crippen molar-refractivity contribution in [2.24, 2.45) is 0 Å². The molecule has 2 aromatic rings. The molecule has 1 N–H and O–H groups in total. The third-order valence-corrected chi connectivity index (χ3v) is 4.49. The molecule has 1 aliphatic rings.